The number of aryl methyl sites for hydroxylation is 2. The van der Waals surface area contributed by atoms with Crippen molar-refractivity contribution in [1.29, 1.82) is 5.26 Å². The van der Waals surface area contributed by atoms with Crippen molar-refractivity contribution in [2.45, 2.75) is 33.2 Å². The average Bonchev–Trinajstić information content (AvgIpc) is 2.86. The number of nitriles is 1. The van der Waals surface area contributed by atoms with Crippen LogP contribution in [0.4, 0.5) is 0 Å². The van der Waals surface area contributed by atoms with E-state index in [2.05, 4.69) is 24.2 Å². The third kappa shape index (κ3) is 1.96. The number of nitrogens with zero attached hydrogens (tertiary/aromatic N) is 3. The van der Waals surface area contributed by atoms with Crippen LogP contribution in [-0.2, 0) is 17.7 Å². The molecule has 0 aromatic carbocycles. The zero-order chi connectivity index (χ0) is 11.6. The van der Waals surface area contributed by atoms with Crippen LogP contribution in [0.25, 0.3) is 0 Å². The normalized spacial score (nSPS) is 24.6. The van der Waals surface area contributed by atoms with Gasteiger partial charge in [0.15, 0.2) is 0 Å². The van der Waals surface area contributed by atoms with E-state index in [1.54, 1.807) is 0 Å². The van der Waals surface area contributed by atoms with Gasteiger partial charge in [-0.1, -0.05) is 0 Å². The summed E-state index contributed by atoms with van der Waals surface area (Å²) in [5.74, 6) is 0. The largest absolute Gasteiger partial charge is 0.380 e. The molecule has 2 rings (SSSR count). The highest BCUT2D eigenvalue weighted by Crippen LogP contribution is 2.32. The Bertz CT molecular complexity index is 410. The van der Waals surface area contributed by atoms with Crippen LogP contribution in [0.1, 0.15) is 24.7 Å². The summed E-state index contributed by atoms with van der Waals surface area (Å²) in [5, 5.41) is 13.7. The van der Waals surface area contributed by atoms with Gasteiger partial charge in [0.1, 0.15) is 0 Å². The number of ether oxygens (including phenoxy) is 1. The van der Waals surface area contributed by atoms with Crippen LogP contribution >= 0.6 is 0 Å². The lowest BCUT2D eigenvalue weighted by Crippen LogP contribution is -2.23. The van der Waals surface area contributed by atoms with Crippen LogP contribution in [-0.4, -0.2) is 23.0 Å². The van der Waals surface area contributed by atoms with E-state index in [1.807, 2.05) is 11.6 Å². The maximum Gasteiger partial charge on any atom is 0.0883 e. The first-order valence-corrected chi connectivity index (χ1v) is 5.71. The number of aromatic nitrogens is 2. The summed E-state index contributed by atoms with van der Waals surface area (Å²) in [5.41, 5.74) is 1.83. The predicted molar refractivity (Wildman–Crippen MR) is 59.8 cm³/mol. The van der Waals surface area contributed by atoms with Gasteiger partial charge < -0.3 is 4.74 Å². The molecule has 0 saturated carbocycles. The Morgan fingerprint density at radius 1 is 1.69 bits per heavy atom. The first-order valence-electron chi connectivity index (χ1n) is 5.71. The molecule has 1 aromatic heterocycles. The minimum Gasteiger partial charge on any atom is -0.380 e. The molecule has 0 aliphatic carbocycles. The predicted octanol–water partition coefficient (Wildman–Crippen LogP) is 1.68. The zero-order valence-electron chi connectivity index (χ0n) is 9.86. The van der Waals surface area contributed by atoms with Gasteiger partial charge in [0.25, 0.3) is 0 Å². The summed E-state index contributed by atoms with van der Waals surface area (Å²) in [7, 11) is 0. The van der Waals surface area contributed by atoms with E-state index in [0.29, 0.717) is 13.2 Å². The molecule has 0 bridgehead atoms. The summed E-state index contributed by atoms with van der Waals surface area (Å²) in [4.78, 5) is 0. The first-order chi connectivity index (χ1) is 7.69. The van der Waals surface area contributed by atoms with Crippen molar-refractivity contribution in [2.24, 2.45) is 5.41 Å². The summed E-state index contributed by atoms with van der Waals surface area (Å²) in [6, 6.07) is 4.49. The quantitative estimate of drug-likeness (QED) is 0.777. The van der Waals surface area contributed by atoms with Crippen LogP contribution in [0.5, 0.6) is 0 Å². The second-order valence-corrected chi connectivity index (χ2v) is 4.46. The highest BCUT2D eigenvalue weighted by Gasteiger charge is 2.36. The van der Waals surface area contributed by atoms with Gasteiger partial charge in [0, 0.05) is 25.3 Å². The Hall–Kier alpha value is -1.34. The zero-order valence-corrected chi connectivity index (χ0v) is 9.86. The van der Waals surface area contributed by atoms with Gasteiger partial charge in [-0.25, -0.2) is 0 Å². The van der Waals surface area contributed by atoms with Crippen molar-refractivity contribution in [2.75, 3.05) is 13.2 Å². The van der Waals surface area contributed by atoms with Crippen LogP contribution < -0.4 is 0 Å². The fourth-order valence-corrected chi connectivity index (χ4v) is 2.24. The third-order valence-electron chi connectivity index (χ3n) is 3.15. The highest BCUT2D eigenvalue weighted by molar-refractivity contribution is 5.16. The molecular formula is C12H17N3O. The summed E-state index contributed by atoms with van der Waals surface area (Å²) in [6.45, 7) is 6.16. The summed E-state index contributed by atoms with van der Waals surface area (Å²) in [6.07, 6.45) is 1.58. The highest BCUT2D eigenvalue weighted by atomic mass is 16.5. The topological polar surface area (TPSA) is 50.8 Å². The Labute approximate surface area is 95.8 Å². The van der Waals surface area contributed by atoms with E-state index in [1.165, 1.54) is 0 Å². The Morgan fingerprint density at radius 2 is 2.50 bits per heavy atom. The molecule has 0 N–H and O–H groups in total. The van der Waals surface area contributed by atoms with Crippen molar-refractivity contribution < 1.29 is 4.74 Å². The first kappa shape index (κ1) is 11.2. The Kier molecular flexibility index (Phi) is 2.97. The van der Waals surface area contributed by atoms with E-state index < -0.39 is 0 Å². The van der Waals surface area contributed by atoms with Gasteiger partial charge in [-0.05, 0) is 26.3 Å². The molecule has 1 atom stereocenters. The van der Waals surface area contributed by atoms with Gasteiger partial charge >= 0.3 is 0 Å². The van der Waals surface area contributed by atoms with Crippen molar-refractivity contribution in [3.63, 3.8) is 0 Å². The monoisotopic (exact) mass is 219 g/mol. The van der Waals surface area contributed by atoms with Crippen molar-refractivity contribution in [3.8, 4) is 6.07 Å². The van der Waals surface area contributed by atoms with Crippen LogP contribution in [0.15, 0.2) is 6.07 Å². The van der Waals surface area contributed by atoms with E-state index >= 15 is 0 Å². The van der Waals surface area contributed by atoms with Gasteiger partial charge in [0.05, 0.1) is 23.8 Å². The van der Waals surface area contributed by atoms with Crippen molar-refractivity contribution in [3.05, 3.63) is 17.5 Å². The minimum absolute atomic E-state index is 0.334. The molecule has 0 spiro atoms. The van der Waals surface area contributed by atoms with Gasteiger partial charge in [-0.2, -0.15) is 10.4 Å². The van der Waals surface area contributed by atoms with E-state index in [0.717, 1.165) is 30.8 Å². The molecule has 0 amide bonds. The molecule has 2 heterocycles. The standard InChI is InChI=1S/C12H17N3O/c1-3-15-11(6-10(2)14-15)7-12(8-13)4-5-16-9-12/h6H,3-5,7,9H2,1-2H3. The number of hydrogen-bond donors (Lipinski definition) is 0. The van der Waals surface area contributed by atoms with E-state index in [4.69, 9.17) is 4.74 Å². The molecule has 0 radical (unpaired) electrons. The smallest absolute Gasteiger partial charge is 0.0883 e. The fraction of sp³-hybridized carbons (Fsp3) is 0.667. The molecule has 16 heavy (non-hydrogen) atoms. The molecule has 1 aliphatic heterocycles. The molecule has 1 aromatic rings. The Morgan fingerprint density at radius 3 is 3.06 bits per heavy atom. The van der Waals surface area contributed by atoms with E-state index in [-0.39, 0.29) is 5.41 Å². The SMILES string of the molecule is CCn1nc(C)cc1CC1(C#N)CCOC1. The molecule has 4 nitrogen and oxygen atoms in total. The average molecular weight is 219 g/mol. The maximum absolute atomic E-state index is 9.29. The molecule has 86 valence electrons. The van der Waals surface area contributed by atoms with Crippen LogP contribution in [0, 0.1) is 23.7 Å². The van der Waals surface area contributed by atoms with Crippen molar-refractivity contribution in [1.82, 2.24) is 9.78 Å². The van der Waals surface area contributed by atoms with Gasteiger partial charge in [-0.15, -0.1) is 0 Å². The number of rotatable bonds is 3. The van der Waals surface area contributed by atoms with Crippen LogP contribution in [0.3, 0.4) is 0 Å². The molecule has 1 saturated heterocycles. The molecule has 1 unspecified atom stereocenters. The second-order valence-electron chi connectivity index (χ2n) is 4.46. The molecule has 4 heteroatoms. The Balaban J connectivity index is 2.22. The molecule has 1 aliphatic rings. The lowest BCUT2D eigenvalue weighted by Gasteiger charge is -2.18. The minimum atomic E-state index is -0.334. The van der Waals surface area contributed by atoms with E-state index in [9.17, 15) is 5.26 Å². The van der Waals surface area contributed by atoms with Gasteiger partial charge in [0.2, 0.25) is 0 Å². The maximum atomic E-state index is 9.29. The second kappa shape index (κ2) is 4.26. The summed E-state index contributed by atoms with van der Waals surface area (Å²) >= 11 is 0. The fourth-order valence-electron chi connectivity index (χ4n) is 2.24. The molecular weight excluding hydrogens is 202 g/mol. The number of hydrogen-bond acceptors (Lipinski definition) is 3. The lowest BCUT2D eigenvalue weighted by molar-refractivity contribution is 0.171. The third-order valence-corrected chi connectivity index (χ3v) is 3.15. The van der Waals surface area contributed by atoms with Crippen molar-refractivity contribution >= 4 is 0 Å². The molecule has 1 fully saturated rings. The lowest BCUT2D eigenvalue weighted by atomic mass is 9.84. The van der Waals surface area contributed by atoms with Crippen LogP contribution in [0.2, 0.25) is 0 Å². The van der Waals surface area contributed by atoms with Gasteiger partial charge in [-0.3, -0.25) is 4.68 Å². The summed E-state index contributed by atoms with van der Waals surface area (Å²) < 4.78 is 7.33.